The largest absolute Gasteiger partial charge is 0.441 e. The number of nitrogens with one attached hydrogen (secondary N) is 1. The molecule has 0 unspecified atom stereocenters. The SMILES string of the molecule is CC(C)NCCCc1ncc(-c2cc(I)ccc2Br)o1. The quantitative estimate of drug-likeness (QED) is 0.516. The molecule has 0 saturated heterocycles. The molecule has 0 atom stereocenters. The van der Waals surface area contributed by atoms with Crippen LogP contribution in [0, 0.1) is 3.57 Å². The first-order chi connectivity index (χ1) is 9.56. The number of aryl methyl sites for hydroxylation is 1. The van der Waals surface area contributed by atoms with Gasteiger partial charge in [0.15, 0.2) is 11.7 Å². The van der Waals surface area contributed by atoms with E-state index in [1.165, 1.54) is 3.57 Å². The van der Waals surface area contributed by atoms with Gasteiger partial charge in [0.25, 0.3) is 0 Å². The Morgan fingerprint density at radius 1 is 1.40 bits per heavy atom. The zero-order valence-electron chi connectivity index (χ0n) is 11.6. The molecule has 5 heteroatoms. The van der Waals surface area contributed by atoms with E-state index in [4.69, 9.17) is 4.42 Å². The molecule has 3 nitrogen and oxygen atoms in total. The maximum absolute atomic E-state index is 5.84. The van der Waals surface area contributed by atoms with E-state index in [-0.39, 0.29) is 0 Å². The summed E-state index contributed by atoms with van der Waals surface area (Å²) in [6.45, 7) is 5.29. The van der Waals surface area contributed by atoms with E-state index in [9.17, 15) is 0 Å². The second kappa shape index (κ2) is 7.56. The van der Waals surface area contributed by atoms with Crippen molar-refractivity contribution in [3.63, 3.8) is 0 Å². The molecule has 0 fully saturated rings. The third-order valence-electron chi connectivity index (χ3n) is 2.87. The Balaban J connectivity index is 2.00. The summed E-state index contributed by atoms with van der Waals surface area (Å²) in [4.78, 5) is 4.36. The van der Waals surface area contributed by atoms with Gasteiger partial charge in [-0.2, -0.15) is 0 Å². The van der Waals surface area contributed by atoms with Crippen molar-refractivity contribution >= 4 is 38.5 Å². The summed E-state index contributed by atoms with van der Waals surface area (Å²) in [7, 11) is 0. The van der Waals surface area contributed by atoms with E-state index in [2.05, 4.69) is 74.8 Å². The van der Waals surface area contributed by atoms with Gasteiger partial charge >= 0.3 is 0 Å². The molecule has 1 aromatic carbocycles. The van der Waals surface area contributed by atoms with Gasteiger partial charge in [-0.15, -0.1) is 0 Å². The minimum atomic E-state index is 0.525. The van der Waals surface area contributed by atoms with Gasteiger partial charge in [-0.05, 0) is 53.8 Å². The Bertz CT molecular complexity index is 569. The van der Waals surface area contributed by atoms with Crippen LogP contribution in [0.3, 0.4) is 0 Å². The Morgan fingerprint density at radius 2 is 2.20 bits per heavy atom. The second-order valence-electron chi connectivity index (χ2n) is 4.95. The van der Waals surface area contributed by atoms with Crippen LogP contribution < -0.4 is 5.32 Å². The van der Waals surface area contributed by atoms with Gasteiger partial charge in [0, 0.05) is 26.1 Å². The maximum atomic E-state index is 5.84. The lowest BCUT2D eigenvalue weighted by Crippen LogP contribution is -2.23. The number of oxazole rings is 1. The zero-order chi connectivity index (χ0) is 14.5. The van der Waals surface area contributed by atoms with E-state index < -0.39 is 0 Å². The first-order valence-electron chi connectivity index (χ1n) is 6.70. The van der Waals surface area contributed by atoms with Gasteiger partial charge in [-0.1, -0.05) is 29.8 Å². The molecule has 2 aromatic rings. The molecule has 20 heavy (non-hydrogen) atoms. The number of hydrogen-bond acceptors (Lipinski definition) is 3. The van der Waals surface area contributed by atoms with Crippen molar-refractivity contribution in [2.24, 2.45) is 0 Å². The normalized spacial score (nSPS) is 11.2. The minimum absolute atomic E-state index is 0.525. The van der Waals surface area contributed by atoms with Crippen molar-refractivity contribution < 1.29 is 4.42 Å². The molecule has 0 aliphatic heterocycles. The highest BCUT2D eigenvalue weighted by Crippen LogP contribution is 2.30. The van der Waals surface area contributed by atoms with Crippen LogP contribution in [-0.2, 0) is 6.42 Å². The number of aromatic nitrogens is 1. The van der Waals surface area contributed by atoms with E-state index in [1.807, 2.05) is 6.07 Å². The first-order valence-corrected chi connectivity index (χ1v) is 8.57. The number of halogens is 2. The number of benzene rings is 1. The molecule has 0 amide bonds. The molecule has 1 N–H and O–H groups in total. The second-order valence-corrected chi connectivity index (χ2v) is 7.05. The lowest BCUT2D eigenvalue weighted by molar-refractivity contribution is 0.484. The molecule has 2 rings (SSSR count). The lowest BCUT2D eigenvalue weighted by atomic mass is 10.2. The van der Waals surface area contributed by atoms with Crippen LogP contribution in [0.2, 0.25) is 0 Å². The zero-order valence-corrected chi connectivity index (χ0v) is 15.4. The van der Waals surface area contributed by atoms with Crippen LogP contribution in [0.5, 0.6) is 0 Å². The molecule has 1 heterocycles. The van der Waals surface area contributed by atoms with Gasteiger partial charge in [-0.3, -0.25) is 0 Å². The van der Waals surface area contributed by atoms with E-state index in [1.54, 1.807) is 6.20 Å². The van der Waals surface area contributed by atoms with Gasteiger partial charge in [-0.25, -0.2) is 4.98 Å². The Labute approximate surface area is 141 Å². The van der Waals surface area contributed by atoms with Gasteiger partial charge < -0.3 is 9.73 Å². The predicted molar refractivity (Wildman–Crippen MR) is 93.8 cm³/mol. The average Bonchev–Trinajstić information content (AvgIpc) is 2.86. The standard InChI is InChI=1S/C15H18BrIN2O/c1-10(2)18-7-3-4-15-19-9-14(20-15)12-8-11(17)5-6-13(12)16/h5-6,8-10,18H,3-4,7H2,1-2H3. The molecule has 0 radical (unpaired) electrons. The first kappa shape index (κ1) is 16.0. The number of rotatable bonds is 6. The number of hydrogen-bond donors (Lipinski definition) is 1. The monoisotopic (exact) mass is 448 g/mol. The summed E-state index contributed by atoms with van der Waals surface area (Å²) >= 11 is 5.85. The highest BCUT2D eigenvalue weighted by molar-refractivity contribution is 14.1. The van der Waals surface area contributed by atoms with E-state index in [0.717, 1.165) is 41.1 Å². The molecule has 0 aliphatic rings. The Kier molecular flexibility index (Phi) is 6.04. The van der Waals surface area contributed by atoms with Crippen LogP contribution in [0.25, 0.3) is 11.3 Å². The Morgan fingerprint density at radius 3 is 2.95 bits per heavy atom. The highest BCUT2D eigenvalue weighted by Gasteiger charge is 2.10. The third kappa shape index (κ3) is 4.56. The molecule has 0 spiro atoms. The fourth-order valence-electron chi connectivity index (χ4n) is 1.87. The Hall–Kier alpha value is -0.400. The number of nitrogens with zero attached hydrogens (tertiary/aromatic N) is 1. The average molecular weight is 449 g/mol. The summed E-state index contributed by atoms with van der Waals surface area (Å²) in [5, 5.41) is 3.39. The lowest BCUT2D eigenvalue weighted by Gasteiger charge is -2.06. The highest BCUT2D eigenvalue weighted by atomic mass is 127. The summed E-state index contributed by atoms with van der Waals surface area (Å²) in [6, 6.07) is 6.71. The molecular weight excluding hydrogens is 431 g/mol. The van der Waals surface area contributed by atoms with Crippen LogP contribution in [0.1, 0.15) is 26.2 Å². The minimum Gasteiger partial charge on any atom is -0.441 e. The molecule has 0 aliphatic carbocycles. The predicted octanol–water partition coefficient (Wildman–Crippen LogP) is 4.64. The van der Waals surface area contributed by atoms with Crippen LogP contribution in [0.4, 0.5) is 0 Å². The molecule has 0 saturated carbocycles. The van der Waals surface area contributed by atoms with Crippen molar-refractivity contribution in [2.45, 2.75) is 32.7 Å². The third-order valence-corrected chi connectivity index (χ3v) is 4.23. The summed E-state index contributed by atoms with van der Waals surface area (Å²) in [5.74, 6) is 1.62. The van der Waals surface area contributed by atoms with Crippen molar-refractivity contribution in [3.8, 4) is 11.3 Å². The topological polar surface area (TPSA) is 38.1 Å². The smallest absolute Gasteiger partial charge is 0.194 e. The maximum Gasteiger partial charge on any atom is 0.194 e. The van der Waals surface area contributed by atoms with Crippen LogP contribution in [-0.4, -0.2) is 17.6 Å². The van der Waals surface area contributed by atoms with Crippen LogP contribution in [0.15, 0.2) is 33.3 Å². The fraction of sp³-hybridized carbons (Fsp3) is 0.400. The fourth-order valence-corrected chi connectivity index (χ4v) is 2.80. The summed E-state index contributed by atoms with van der Waals surface area (Å²) in [6.07, 6.45) is 3.70. The summed E-state index contributed by atoms with van der Waals surface area (Å²) < 4.78 is 8.05. The van der Waals surface area contributed by atoms with Crippen LogP contribution >= 0.6 is 38.5 Å². The van der Waals surface area contributed by atoms with Crippen molar-refractivity contribution in [1.82, 2.24) is 10.3 Å². The van der Waals surface area contributed by atoms with Gasteiger partial charge in [0.2, 0.25) is 0 Å². The van der Waals surface area contributed by atoms with Gasteiger partial charge in [0.1, 0.15) is 0 Å². The molecule has 108 valence electrons. The van der Waals surface area contributed by atoms with Gasteiger partial charge in [0.05, 0.1) is 6.20 Å². The molecular formula is C15H18BrIN2O. The van der Waals surface area contributed by atoms with Crippen molar-refractivity contribution in [2.75, 3.05) is 6.54 Å². The molecule has 1 aromatic heterocycles. The van der Waals surface area contributed by atoms with E-state index in [0.29, 0.717) is 6.04 Å². The van der Waals surface area contributed by atoms with Crippen molar-refractivity contribution in [1.29, 1.82) is 0 Å². The molecule has 0 bridgehead atoms. The summed E-state index contributed by atoms with van der Waals surface area (Å²) in [5.41, 5.74) is 1.05. The van der Waals surface area contributed by atoms with E-state index >= 15 is 0 Å². The van der Waals surface area contributed by atoms with Crippen molar-refractivity contribution in [3.05, 3.63) is 38.3 Å².